The molecule has 0 radical (unpaired) electrons. The van der Waals surface area contributed by atoms with Gasteiger partial charge in [0.15, 0.2) is 0 Å². The number of hydrogen-bond acceptors (Lipinski definition) is 2. The molecule has 1 atom stereocenters. The average Bonchev–Trinajstić information content (AvgIpc) is 2.74. The van der Waals surface area contributed by atoms with Crippen LogP contribution in [0.2, 0.25) is 0 Å². The largest absolute Gasteiger partial charge is 0.508 e. The molecule has 0 unspecified atom stereocenters. The minimum absolute atomic E-state index is 0.357. The molecule has 0 bridgehead atoms. The lowest BCUT2D eigenvalue weighted by Crippen LogP contribution is -2.26. The molecule has 1 N–H and O–H groups in total. The third kappa shape index (κ3) is 3.24. The Bertz CT molecular complexity index is 314. The van der Waals surface area contributed by atoms with Crippen molar-refractivity contribution in [1.82, 2.24) is 4.90 Å². The van der Waals surface area contributed by atoms with Crippen molar-refractivity contribution in [3.05, 3.63) is 29.8 Å². The minimum atomic E-state index is 0.357. The van der Waals surface area contributed by atoms with E-state index < -0.39 is 0 Å². The second-order valence-electron chi connectivity index (χ2n) is 4.98. The Morgan fingerprint density at radius 2 is 1.81 bits per heavy atom. The predicted octanol–water partition coefficient (Wildman–Crippen LogP) is 2.67. The van der Waals surface area contributed by atoms with Crippen LogP contribution in [0.3, 0.4) is 0 Å². The van der Waals surface area contributed by atoms with Crippen LogP contribution in [-0.4, -0.2) is 29.6 Å². The lowest BCUT2D eigenvalue weighted by Gasteiger charge is -2.20. The van der Waals surface area contributed by atoms with Crippen LogP contribution in [-0.2, 0) is 6.42 Å². The molecule has 0 saturated carbocycles. The van der Waals surface area contributed by atoms with Crippen LogP contribution < -0.4 is 0 Å². The fourth-order valence-electron chi connectivity index (χ4n) is 2.50. The summed E-state index contributed by atoms with van der Waals surface area (Å²) in [5.74, 6) is 1.05. The fourth-order valence-corrected chi connectivity index (χ4v) is 2.50. The fraction of sp³-hybridized carbons (Fsp3) is 0.571. The van der Waals surface area contributed by atoms with E-state index in [1.54, 1.807) is 12.1 Å². The molecule has 1 fully saturated rings. The van der Waals surface area contributed by atoms with Gasteiger partial charge in [-0.3, -0.25) is 0 Å². The van der Waals surface area contributed by atoms with Crippen LogP contribution in [0, 0.1) is 5.92 Å². The van der Waals surface area contributed by atoms with Gasteiger partial charge in [-0.15, -0.1) is 0 Å². The van der Waals surface area contributed by atoms with E-state index in [9.17, 15) is 5.11 Å². The first-order valence-electron chi connectivity index (χ1n) is 6.24. The van der Waals surface area contributed by atoms with E-state index in [1.807, 2.05) is 12.1 Å². The van der Waals surface area contributed by atoms with Gasteiger partial charge in [0, 0.05) is 6.54 Å². The average molecular weight is 219 g/mol. The maximum absolute atomic E-state index is 9.21. The van der Waals surface area contributed by atoms with Crippen molar-refractivity contribution in [3.63, 3.8) is 0 Å². The summed E-state index contributed by atoms with van der Waals surface area (Å²) >= 11 is 0. The van der Waals surface area contributed by atoms with Crippen LogP contribution in [0.25, 0.3) is 0 Å². The van der Waals surface area contributed by atoms with E-state index >= 15 is 0 Å². The quantitative estimate of drug-likeness (QED) is 0.841. The number of benzene rings is 1. The first kappa shape index (κ1) is 11.5. The Labute approximate surface area is 97.9 Å². The SMILES string of the molecule is C[C@@H](Cc1ccc(O)cc1)CN1CCCC1. The molecule has 1 aliphatic rings. The van der Waals surface area contributed by atoms with Crippen LogP contribution >= 0.6 is 0 Å². The molecular weight excluding hydrogens is 198 g/mol. The summed E-state index contributed by atoms with van der Waals surface area (Å²) in [6.45, 7) is 6.08. The summed E-state index contributed by atoms with van der Waals surface area (Å²) in [5, 5.41) is 9.21. The molecular formula is C14H21NO. The third-order valence-electron chi connectivity index (χ3n) is 3.29. The highest BCUT2D eigenvalue weighted by molar-refractivity contribution is 5.26. The van der Waals surface area contributed by atoms with E-state index in [0.29, 0.717) is 11.7 Å². The lowest BCUT2D eigenvalue weighted by molar-refractivity contribution is 0.287. The van der Waals surface area contributed by atoms with E-state index in [4.69, 9.17) is 0 Å². The first-order chi connectivity index (χ1) is 7.74. The van der Waals surface area contributed by atoms with Crippen molar-refractivity contribution in [2.24, 2.45) is 5.92 Å². The molecule has 0 amide bonds. The van der Waals surface area contributed by atoms with Crippen LogP contribution in [0.15, 0.2) is 24.3 Å². The van der Waals surface area contributed by atoms with Crippen LogP contribution in [0.5, 0.6) is 5.75 Å². The number of hydrogen-bond donors (Lipinski definition) is 1. The van der Waals surface area contributed by atoms with Gasteiger partial charge in [-0.05, 0) is 56.0 Å². The van der Waals surface area contributed by atoms with Crippen LogP contribution in [0.4, 0.5) is 0 Å². The summed E-state index contributed by atoms with van der Waals surface area (Å²) in [6.07, 6.45) is 3.84. The molecule has 1 heterocycles. The second kappa shape index (κ2) is 5.35. The summed E-state index contributed by atoms with van der Waals surface area (Å²) in [7, 11) is 0. The van der Waals surface area contributed by atoms with Gasteiger partial charge in [0.05, 0.1) is 0 Å². The predicted molar refractivity (Wildman–Crippen MR) is 66.6 cm³/mol. The molecule has 2 rings (SSSR count). The Balaban J connectivity index is 1.81. The van der Waals surface area contributed by atoms with Gasteiger partial charge in [-0.25, -0.2) is 0 Å². The summed E-state index contributed by atoms with van der Waals surface area (Å²) in [5.41, 5.74) is 1.32. The number of phenols is 1. The van der Waals surface area contributed by atoms with Crippen LogP contribution in [0.1, 0.15) is 25.3 Å². The number of likely N-dealkylation sites (tertiary alicyclic amines) is 1. The highest BCUT2D eigenvalue weighted by Gasteiger charge is 2.14. The van der Waals surface area contributed by atoms with Gasteiger partial charge in [0.2, 0.25) is 0 Å². The van der Waals surface area contributed by atoms with E-state index in [0.717, 1.165) is 6.42 Å². The maximum atomic E-state index is 9.21. The second-order valence-corrected chi connectivity index (χ2v) is 4.98. The van der Waals surface area contributed by atoms with E-state index in [2.05, 4.69) is 11.8 Å². The third-order valence-corrected chi connectivity index (χ3v) is 3.29. The molecule has 1 saturated heterocycles. The van der Waals surface area contributed by atoms with Crippen molar-refractivity contribution in [3.8, 4) is 5.75 Å². The number of rotatable bonds is 4. The zero-order chi connectivity index (χ0) is 11.4. The van der Waals surface area contributed by atoms with Gasteiger partial charge >= 0.3 is 0 Å². The first-order valence-corrected chi connectivity index (χ1v) is 6.24. The Kier molecular flexibility index (Phi) is 3.83. The maximum Gasteiger partial charge on any atom is 0.115 e. The Morgan fingerprint density at radius 1 is 1.19 bits per heavy atom. The van der Waals surface area contributed by atoms with Crippen molar-refractivity contribution in [2.45, 2.75) is 26.2 Å². The molecule has 16 heavy (non-hydrogen) atoms. The van der Waals surface area contributed by atoms with Gasteiger partial charge in [0.25, 0.3) is 0 Å². The molecule has 1 aromatic carbocycles. The van der Waals surface area contributed by atoms with Gasteiger partial charge in [-0.2, -0.15) is 0 Å². The summed E-state index contributed by atoms with van der Waals surface area (Å²) in [6, 6.07) is 7.60. The summed E-state index contributed by atoms with van der Waals surface area (Å²) < 4.78 is 0. The smallest absolute Gasteiger partial charge is 0.115 e. The molecule has 0 aliphatic carbocycles. The Morgan fingerprint density at radius 3 is 2.44 bits per heavy atom. The number of nitrogens with zero attached hydrogens (tertiary/aromatic N) is 1. The normalized spacial score (nSPS) is 18.8. The van der Waals surface area contributed by atoms with E-state index in [-0.39, 0.29) is 0 Å². The van der Waals surface area contributed by atoms with Gasteiger partial charge < -0.3 is 10.0 Å². The van der Waals surface area contributed by atoms with Crippen molar-refractivity contribution in [2.75, 3.05) is 19.6 Å². The van der Waals surface area contributed by atoms with E-state index in [1.165, 1.54) is 38.0 Å². The lowest BCUT2D eigenvalue weighted by atomic mass is 10.0. The molecule has 1 aliphatic heterocycles. The molecule has 0 aromatic heterocycles. The number of aromatic hydroxyl groups is 1. The highest BCUT2D eigenvalue weighted by Crippen LogP contribution is 2.16. The monoisotopic (exact) mass is 219 g/mol. The van der Waals surface area contributed by atoms with Crippen molar-refractivity contribution >= 4 is 0 Å². The molecule has 1 aromatic rings. The van der Waals surface area contributed by atoms with Crippen molar-refractivity contribution in [1.29, 1.82) is 0 Å². The summed E-state index contributed by atoms with van der Waals surface area (Å²) in [4.78, 5) is 2.56. The van der Waals surface area contributed by atoms with Gasteiger partial charge in [-0.1, -0.05) is 19.1 Å². The van der Waals surface area contributed by atoms with Crippen molar-refractivity contribution < 1.29 is 5.11 Å². The molecule has 2 heteroatoms. The zero-order valence-electron chi connectivity index (χ0n) is 10.0. The standard InChI is InChI=1S/C14H21NO/c1-12(11-15-8-2-3-9-15)10-13-4-6-14(16)7-5-13/h4-7,12,16H,2-3,8-11H2,1H3/t12-/m0/s1. The Hall–Kier alpha value is -1.02. The number of phenolic OH excluding ortho intramolecular Hbond substituents is 1. The topological polar surface area (TPSA) is 23.5 Å². The minimum Gasteiger partial charge on any atom is -0.508 e. The molecule has 0 spiro atoms. The molecule has 2 nitrogen and oxygen atoms in total. The highest BCUT2D eigenvalue weighted by atomic mass is 16.3. The zero-order valence-corrected chi connectivity index (χ0v) is 10.0. The molecule has 88 valence electrons. The van der Waals surface area contributed by atoms with Gasteiger partial charge in [0.1, 0.15) is 5.75 Å².